The Balaban J connectivity index is 2.26. The van der Waals surface area contributed by atoms with E-state index in [1.54, 1.807) is 0 Å². The Kier molecular flexibility index (Phi) is 5.58. The molecule has 0 bridgehead atoms. The molecule has 0 saturated carbocycles. The highest BCUT2D eigenvalue weighted by molar-refractivity contribution is 4.78. The molecule has 0 aromatic carbocycles. The van der Waals surface area contributed by atoms with Crippen molar-refractivity contribution in [2.75, 3.05) is 27.2 Å². The van der Waals surface area contributed by atoms with Gasteiger partial charge in [-0.2, -0.15) is 0 Å². The number of likely N-dealkylation sites (tertiary alicyclic amines) is 1. The van der Waals surface area contributed by atoms with E-state index in [-0.39, 0.29) is 0 Å². The molecule has 0 aromatic rings. The molecule has 0 amide bonds. The standard InChI is InChI=1S/C12H26N2O/c1-10(13-3)9-11(2)14-7-5-12(15-4)6-8-14/h10-13H,5-9H2,1-4H3. The minimum Gasteiger partial charge on any atom is -0.381 e. The summed E-state index contributed by atoms with van der Waals surface area (Å²) in [4.78, 5) is 2.59. The number of ether oxygens (including phenoxy) is 1. The van der Waals surface area contributed by atoms with Gasteiger partial charge in [0.1, 0.15) is 0 Å². The van der Waals surface area contributed by atoms with E-state index in [1.807, 2.05) is 14.2 Å². The summed E-state index contributed by atoms with van der Waals surface area (Å²) in [5, 5.41) is 3.30. The molecule has 3 heteroatoms. The lowest BCUT2D eigenvalue weighted by Crippen LogP contribution is -2.44. The van der Waals surface area contributed by atoms with Gasteiger partial charge in [0, 0.05) is 32.3 Å². The van der Waals surface area contributed by atoms with Gasteiger partial charge in [-0.15, -0.1) is 0 Å². The molecule has 90 valence electrons. The maximum absolute atomic E-state index is 5.38. The van der Waals surface area contributed by atoms with Crippen LogP contribution >= 0.6 is 0 Å². The average molecular weight is 214 g/mol. The summed E-state index contributed by atoms with van der Waals surface area (Å²) in [5.41, 5.74) is 0. The van der Waals surface area contributed by atoms with Gasteiger partial charge in [0.25, 0.3) is 0 Å². The van der Waals surface area contributed by atoms with Gasteiger partial charge in [0.15, 0.2) is 0 Å². The quantitative estimate of drug-likeness (QED) is 0.750. The molecule has 2 atom stereocenters. The summed E-state index contributed by atoms with van der Waals surface area (Å²) < 4.78 is 5.38. The number of piperidine rings is 1. The van der Waals surface area contributed by atoms with Gasteiger partial charge in [-0.05, 0) is 40.2 Å². The van der Waals surface area contributed by atoms with Crippen molar-refractivity contribution in [2.24, 2.45) is 0 Å². The number of hydrogen-bond acceptors (Lipinski definition) is 3. The molecule has 0 radical (unpaired) electrons. The first-order chi connectivity index (χ1) is 7.17. The molecule has 1 heterocycles. The lowest BCUT2D eigenvalue weighted by atomic mass is 10.0. The third-order valence-corrected chi connectivity index (χ3v) is 3.62. The fourth-order valence-corrected chi connectivity index (χ4v) is 2.33. The topological polar surface area (TPSA) is 24.5 Å². The highest BCUT2D eigenvalue weighted by Crippen LogP contribution is 2.17. The van der Waals surface area contributed by atoms with E-state index in [1.165, 1.54) is 32.4 Å². The fraction of sp³-hybridized carbons (Fsp3) is 1.00. The number of nitrogens with zero attached hydrogens (tertiary/aromatic N) is 1. The Labute approximate surface area is 94.2 Å². The molecule has 1 aliphatic heterocycles. The summed E-state index contributed by atoms with van der Waals surface area (Å²) in [5.74, 6) is 0. The average Bonchev–Trinajstić information content (AvgIpc) is 2.29. The summed E-state index contributed by atoms with van der Waals surface area (Å²) in [6.07, 6.45) is 4.10. The third-order valence-electron chi connectivity index (χ3n) is 3.62. The van der Waals surface area contributed by atoms with E-state index in [0.29, 0.717) is 18.2 Å². The van der Waals surface area contributed by atoms with Crippen LogP contribution in [0, 0.1) is 0 Å². The van der Waals surface area contributed by atoms with Crippen molar-refractivity contribution in [1.82, 2.24) is 10.2 Å². The van der Waals surface area contributed by atoms with Crippen LogP contribution in [0.25, 0.3) is 0 Å². The molecule has 0 spiro atoms. The van der Waals surface area contributed by atoms with Crippen molar-refractivity contribution in [3.63, 3.8) is 0 Å². The minimum absolute atomic E-state index is 0.496. The molecule has 0 aromatic heterocycles. The van der Waals surface area contributed by atoms with Gasteiger partial charge in [0.05, 0.1) is 6.10 Å². The Morgan fingerprint density at radius 2 is 1.93 bits per heavy atom. The van der Waals surface area contributed by atoms with Crippen molar-refractivity contribution < 1.29 is 4.74 Å². The summed E-state index contributed by atoms with van der Waals surface area (Å²) in [6, 6.07) is 1.30. The zero-order valence-corrected chi connectivity index (χ0v) is 10.6. The molecule has 1 saturated heterocycles. The van der Waals surface area contributed by atoms with Crippen LogP contribution in [0.5, 0.6) is 0 Å². The first-order valence-electron chi connectivity index (χ1n) is 6.11. The number of rotatable bonds is 5. The molecule has 1 aliphatic rings. The first-order valence-corrected chi connectivity index (χ1v) is 6.11. The monoisotopic (exact) mass is 214 g/mol. The molecular formula is C12H26N2O. The van der Waals surface area contributed by atoms with Gasteiger partial charge in [-0.3, -0.25) is 0 Å². The Morgan fingerprint density at radius 3 is 2.40 bits per heavy atom. The first kappa shape index (κ1) is 12.9. The second kappa shape index (κ2) is 6.46. The molecule has 1 N–H and O–H groups in total. The molecule has 2 unspecified atom stereocenters. The normalized spacial score (nSPS) is 24.0. The van der Waals surface area contributed by atoms with Crippen LogP contribution in [0.15, 0.2) is 0 Å². The van der Waals surface area contributed by atoms with Gasteiger partial charge < -0.3 is 15.0 Å². The van der Waals surface area contributed by atoms with Crippen molar-refractivity contribution in [3.8, 4) is 0 Å². The summed E-state index contributed by atoms with van der Waals surface area (Å²) in [6.45, 7) is 6.96. The van der Waals surface area contributed by atoms with Crippen molar-refractivity contribution in [2.45, 2.75) is 51.3 Å². The van der Waals surface area contributed by atoms with Crippen LogP contribution in [0.4, 0.5) is 0 Å². The number of hydrogen-bond donors (Lipinski definition) is 1. The zero-order valence-electron chi connectivity index (χ0n) is 10.6. The summed E-state index contributed by atoms with van der Waals surface area (Å²) >= 11 is 0. The Morgan fingerprint density at radius 1 is 1.33 bits per heavy atom. The number of methoxy groups -OCH3 is 1. The second-order valence-electron chi connectivity index (χ2n) is 4.75. The van der Waals surface area contributed by atoms with Crippen LogP contribution in [0.3, 0.4) is 0 Å². The van der Waals surface area contributed by atoms with Crippen LogP contribution in [-0.2, 0) is 4.74 Å². The zero-order chi connectivity index (χ0) is 11.3. The predicted octanol–water partition coefficient (Wildman–Crippen LogP) is 1.48. The third kappa shape index (κ3) is 4.09. The fourth-order valence-electron chi connectivity index (χ4n) is 2.33. The Bertz CT molecular complexity index is 167. The van der Waals surface area contributed by atoms with Crippen molar-refractivity contribution in [1.29, 1.82) is 0 Å². The van der Waals surface area contributed by atoms with Gasteiger partial charge >= 0.3 is 0 Å². The maximum Gasteiger partial charge on any atom is 0.0595 e. The van der Waals surface area contributed by atoms with Crippen molar-refractivity contribution >= 4 is 0 Å². The van der Waals surface area contributed by atoms with Gasteiger partial charge in [-0.1, -0.05) is 0 Å². The van der Waals surface area contributed by atoms with Crippen LogP contribution < -0.4 is 5.32 Å². The van der Waals surface area contributed by atoms with Crippen LogP contribution in [0.1, 0.15) is 33.1 Å². The van der Waals surface area contributed by atoms with E-state index in [9.17, 15) is 0 Å². The second-order valence-corrected chi connectivity index (χ2v) is 4.75. The molecule has 1 fully saturated rings. The molecule has 15 heavy (non-hydrogen) atoms. The minimum atomic E-state index is 0.496. The van der Waals surface area contributed by atoms with E-state index in [2.05, 4.69) is 24.1 Å². The van der Waals surface area contributed by atoms with E-state index < -0.39 is 0 Å². The highest BCUT2D eigenvalue weighted by atomic mass is 16.5. The maximum atomic E-state index is 5.38. The predicted molar refractivity (Wildman–Crippen MR) is 64.2 cm³/mol. The molecule has 1 rings (SSSR count). The molecule has 0 aliphatic carbocycles. The molecule has 3 nitrogen and oxygen atoms in total. The van der Waals surface area contributed by atoms with E-state index in [4.69, 9.17) is 4.74 Å². The van der Waals surface area contributed by atoms with Gasteiger partial charge in [-0.25, -0.2) is 0 Å². The smallest absolute Gasteiger partial charge is 0.0595 e. The largest absolute Gasteiger partial charge is 0.381 e. The lowest BCUT2D eigenvalue weighted by molar-refractivity contribution is 0.0275. The highest BCUT2D eigenvalue weighted by Gasteiger charge is 2.22. The molecular weight excluding hydrogens is 188 g/mol. The van der Waals surface area contributed by atoms with Gasteiger partial charge in [0.2, 0.25) is 0 Å². The van der Waals surface area contributed by atoms with E-state index in [0.717, 1.165) is 0 Å². The Hall–Kier alpha value is -0.120. The van der Waals surface area contributed by atoms with Crippen LogP contribution in [-0.4, -0.2) is 50.3 Å². The summed E-state index contributed by atoms with van der Waals surface area (Å²) in [7, 11) is 3.86. The SMILES string of the molecule is CNC(C)CC(C)N1CCC(OC)CC1. The van der Waals surface area contributed by atoms with E-state index >= 15 is 0 Å². The van der Waals surface area contributed by atoms with Crippen molar-refractivity contribution in [3.05, 3.63) is 0 Å². The lowest BCUT2D eigenvalue weighted by Gasteiger charge is -2.36. The number of nitrogens with one attached hydrogen (secondary N) is 1. The van der Waals surface area contributed by atoms with Crippen LogP contribution in [0.2, 0.25) is 0 Å².